The lowest BCUT2D eigenvalue weighted by atomic mass is 10.1. The van der Waals surface area contributed by atoms with Gasteiger partial charge in [-0.15, -0.1) is 0 Å². The maximum Gasteiger partial charge on any atom is 0.330 e. The summed E-state index contributed by atoms with van der Waals surface area (Å²) in [5.74, 6) is 0.162. The van der Waals surface area contributed by atoms with Gasteiger partial charge in [-0.25, -0.2) is 17.9 Å². The molecule has 0 unspecified atom stereocenters. The average molecular weight is 385 g/mol. The van der Waals surface area contributed by atoms with Crippen LogP contribution in [0.2, 0.25) is 0 Å². The van der Waals surface area contributed by atoms with Gasteiger partial charge in [0.2, 0.25) is 10.0 Å². The number of rotatable bonds is 4. The van der Waals surface area contributed by atoms with Gasteiger partial charge in [0.1, 0.15) is 0 Å². The molecule has 4 rings (SSSR count). The van der Waals surface area contributed by atoms with E-state index in [0.717, 1.165) is 16.6 Å². The molecule has 1 heterocycles. The molecule has 1 fully saturated rings. The highest BCUT2D eigenvalue weighted by molar-refractivity contribution is 7.89. The minimum absolute atomic E-state index is 0.0180. The van der Waals surface area contributed by atoms with Crippen LogP contribution in [0.25, 0.3) is 10.9 Å². The predicted molar refractivity (Wildman–Crippen MR) is 102 cm³/mol. The summed E-state index contributed by atoms with van der Waals surface area (Å²) in [7, 11) is -0.848. The van der Waals surface area contributed by atoms with Crippen molar-refractivity contribution >= 4 is 20.9 Å². The number of aryl methyl sites for hydroxylation is 1. The van der Waals surface area contributed by atoms with E-state index in [1.54, 1.807) is 7.05 Å². The molecule has 0 spiro atoms. The average Bonchev–Trinajstić information content (AvgIpc) is 3.43. The van der Waals surface area contributed by atoms with E-state index in [1.165, 1.54) is 29.8 Å². The standard InChI is InChI=1S/C19H19N3O4S/c1-21-17-9-8-13(10-15(17)18(23)22(2)19(21)24)27(25,26)20-16-11-14(16)12-6-4-3-5-7-12/h3-10,14,16,20H,11H2,1-2H3/t14-,16+/m0/s1. The number of aromatic nitrogens is 2. The minimum Gasteiger partial charge on any atom is -0.296 e. The van der Waals surface area contributed by atoms with Gasteiger partial charge >= 0.3 is 5.69 Å². The van der Waals surface area contributed by atoms with Gasteiger partial charge in [0.05, 0.1) is 15.8 Å². The van der Waals surface area contributed by atoms with Crippen molar-refractivity contribution < 1.29 is 8.42 Å². The van der Waals surface area contributed by atoms with Gasteiger partial charge in [-0.3, -0.25) is 13.9 Å². The molecule has 7 nitrogen and oxygen atoms in total. The quantitative estimate of drug-likeness (QED) is 0.727. The highest BCUT2D eigenvalue weighted by atomic mass is 32.2. The molecule has 1 aliphatic rings. The first-order valence-electron chi connectivity index (χ1n) is 8.56. The highest BCUT2D eigenvalue weighted by Crippen LogP contribution is 2.41. The van der Waals surface area contributed by atoms with Gasteiger partial charge in [-0.2, -0.15) is 0 Å². The van der Waals surface area contributed by atoms with Gasteiger partial charge in [0.15, 0.2) is 0 Å². The Morgan fingerprint density at radius 1 is 1.00 bits per heavy atom. The summed E-state index contributed by atoms with van der Waals surface area (Å²) in [4.78, 5) is 24.4. The normalized spacial score (nSPS) is 19.3. The molecule has 2 atom stereocenters. The summed E-state index contributed by atoms with van der Waals surface area (Å²) in [5, 5.41) is 0.192. The minimum atomic E-state index is -3.77. The van der Waals surface area contributed by atoms with Gasteiger partial charge in [-0.05, 0) is 30.2 Å². The number of fused-ring (bicyclic) bond motifs is 1. The van der Waals surface area contributed by atoms with Crippen LogP contribution in [-0.2, 0) is 24.1 Å². The van der Waals surface area contributed by atoms with Gasteiger partial charge in [-0.1, -0.05) is 30.3 Å². The Labute approximate surface area is 155 Å². The number of sulfonamides is 1. The molecule has 27 heavy (non-hydrogen) atoms. The number of benzene rings is 2. The lowest BCUT2D eigenvalue weighted by molar-refractivity contribution is 0.580. The number of hydrogen-bond acceptors (Lipinski definition) is 4. The van der Waals surface area contributed by atoms with Crippen LogP contribution in [0.15, 0.2) is 63.0 Å². The maximum absolute atomic E-state index is 12.8. The van der Waals surface area contributed by atoms with Crippen molar-refractivity contribution in [3.8, 4) is 0 Å². The first-order valence-corrected chi connectivity index (χ1v) is 10.0. The topological polar surface area (TPSA) is 90.2 Å². The van der Waals surface area contributed by atoms with E-state index in [1.807, 2.05) is 30.3 Å². The zero-order valence-electron chi connectivity index (χ0n) is 14.9. The van der Waals surface area contributed by atoms with E-state index in [0.29, 0.717) is 5.52 Å². The van der Waals surface area contributed by atoms with Crippen LogP contribution in [0.4, 0.5) is 0 Å². The molecule has 2 aromatic carbocycles. The van der Waals surface area contributed by atoms with Crippen molar-refractivity contribution in [1.82, 2.24) is 13.9 Å². The third kappa shape index (κ3) is 3.00. The molecular formula is C19H19N3O4S. The fourth-order valence-electron chi connectivity index (χ4n) is 3.40. The second-order valence-corrected chi connectivity index (χ2v) is 8.58. The van der Waals surface area contributed by atoms with E-state index in [9.17, 15) is 18.0 Å². The van der Waals surface area contributed by atoms with Gasteiger partial charge in [0, 0.05) is 26.1 Å². The largest absolute Gasteiger partial charge is 0.330 e. The van der Waals surface area contributed by atoms with Crippen molar-refractivity contribution in [3.05, 3.63) is 74.9 Å². The number of hydrogen-bond donors (Lipinski definition) is 1. The molecule has 3 aromatic rings. The van der Waals surface area contributed by atoms with Gasteiger partial charge < -0.3 is 0 Å². The van der Waals surface area contributed by atoms with Crippen molar-refractivity contribution in [3.63, 3.8) is 0 Å². The van der Waals surface area contributed by atoms with E-state index >= 15 is 0 Å². The Morgan fingerprint density at radius 2 is 1.70 bits per heavy atom. The van der Waals surface area contributed by atoms with Crippen molar-refractivity contribution in [2.75, 3.05) is 0 Å². The molecule has 8 heteroatoms. The Bertz CT molecular complexity index is 1260. The summed E-state index contributed by atoms with van der Waals surface area (Å²) < 4.78 is 30.5. The highest BCUT2D eigenvalue weighted by Gasteiger charge is 2.41. The molecule has 1 aliphatic carbocycles. The van der Waals surface area contributed by atoms with E-state index < -0.39 is 21.3 Å². The molecule has 140 valence electrons. The lowest BCUT2D eigenvalue weighted by Crippen LogP contribution is -2.37. The van der Waals surface area contributed by atoms with Gasteiger partial charge in [0.25, 0.3) is 5.56 Å². The fraction of sp³-hybridized carbons (Fsp3) is 0.263. The molecule has 0 radical (unpaired) electrons. The van der Waals surface area contributed by atoms with E-state index in [4.69, 9.17) is 0 Å². The molecule has 1 N–H and O–H groups in total. The molecule has 0 aliphatic heterocycles. The fourth-order valence-corrected chi connectivity index (χ4v) is 4.72. The second-order valence-electron chi connectivity index (χ2n) is 6.87. The first-order chi connectivity index (χ1) is 12.8. The summed E-state index contributed by atoms with van der Waals surface area (Å²) >= 11 is 0. The summed E-state index contributed by atoms with van der Waals surface area (Å²) in [6.45, 7) is 0. The molecule has 0 bridgehead atoms. The smallest absolute Gasteiger partial charge is 0.296 e. The summed E-state index contributed by atoms with van der Waals surface area (Å²) in [6, 6.07) is 13.9. The monoisotopic (exact) mass is 385 g/mol. The van der Waals surface area contributed by atoms with Crippen molar-refractivity contribution in [2.24, 2.45) is 14.1 Å². The summed E-state index contributed by atoms with van der Waals surface area (Å²) in [5.41, 5.74) is 0.534. The zero-order valence-corrected chi connectivity index (χ0v) is 15.7. The Morgan fingerprint density at radius 3 is 2.41 bits per heavy atom. The van der Waals surface area contributed by atoms with E-state index in [2.05, 4.69) is 4.72 Å². The Hall–Kier alpha value is -2.71. The predicted octanol–water partition coefficient (Wildman–Crippen LogP) is 1.07. The maximum atomic E-state index is 12.8. The van der Waals surface area contributed by atoms with Crippen LogP contribution in [0.5, 0.6) is 0 Å². The molecular weight excluding hydrogens is 366 g/mol. The van der Waals surface area contributed by atoms with E-state index in [-0.39, 0.29) is 22.2 Å². The van der Waals surface area contributed by atoms with Crippen LogP contribution in [0, 0.1) is 0 Å². The number of nitrogens with one attached hydrogen (secondary N) is 1. The van der Waals surface area contributed by atoms with Crippen LogP contribution in [0.3, 0.4) is 0 Å². The van der Waals surface area contributed by atoms with Crippen LogP contribution >= 0.6 is 0 Å². The van der Waals surface area contributed by atoms with Crippen molar-refractivity contribution in [2.45, 2.75) is 23.3 Å². The zero-order chi connectivity index (χ0) is 19.3. The molecule has 1 aromatic heterocycles. The third-order valence-electron chi connectivity index (χ3n) is 5.07. The molecule has 1 saturated carbocycles. The van der Waals surface area contributed by atoms with Crippen LogP contribution in [0.1, 0.15) is 17.9 Å². The van der Waals surface area contributed by atoms with Crippen LogP contribution in [-0.4, -0.2) is 23.6 Å². The number of nitrogens with zero attached hydrogens (tertiary/aromatic N) is 2. The van der Waals surface area contributed by atoms with Crippen LogP contribution < -0.4 is 16.0 Å². The molecule has 0 saturated heterocycles. The Kier molecular flexibility index (Phi) is 4.05. The summed E-state index contributed by atoms with van der Waals surface area (Å²) in [6.07, 6.45) is 0.743. The Balaban J connectivity index is 1.68. The second kappa shape index (κ2) is 6.17. The third-order valence-corrected chi connectivity index (χ3v) is 6.56. The first kappa shape index (κ1) is 17.7. The lowest BCUT2D eigenvalue weighted by Gasteiger charge is -2.10. The molecule has 0 amide bonds. The SMILES string of the molecule is Cn1c(=O)c2cc(S(=O)(=O)N[C@@H]3C[C@H]3c3ccccc3)ccc2n(C)c1=O. The van der Waals surface area contributed by atoms with Crippen molar-refractivity contribution in [1.29, 1.82) is 0 Å².